The molecule has 0 aliphatic carbocycles. The van der Waals surface area contributed by atoms with E-state index in [1.54, 1.807) is 39.0 Å². The smallest absolute Gasteiger partial charge is 0.422 e. The van der Waals surface area contributed by atoms with E-state index in [0.29, 0.717) is 18.0 Å². The van der Waals surface area contributed by atoms with E-state index >= 15 is 0 Å². The Morgan fingerprint density at radius 1 is 1.21 bits per heavy atom. The van der Waals surface area contributed by atoms with Crippen molar-refractivity contribution in [1.82, 2.24) is 15.8 Å². The van der Waals surface area contributed by atoms with Gasteiger partial charge < -0.3 is 14.2 Å². The molecule has 28 heavy (non-hydrogen) atoms. The van der Waals surface area contributed by atoms with E-state index in [1.807, 2.05) is 0 Å². The van der Waals surface area contributed by atoms with E-state index in [4.69, 9.17) is 14.2 Å². The first kappa shape index (κ1) is 20.9. The Labute approximate surface area is 161 Å². The van der Waals surface area contributed by atoms with Crippen molar-refractivity contribution in [3.8, 4) is 17.4 Å². The van der Waals surface area contributed by atoms with Crippen LogP contribution in [0.3, 0.4) is 0 Å². The fourth-order valence-electron chi connectivity index (χ4n) is 2.08. The molecular weight excluding hydrogens is 368 g/mol. The summed E-state index contributed by atoms with van der Waals surface area (Å²) in [5.41, 5.74) is 5.32. The summed E-state index contributed by atoms with van der Waals surface area (Å²) in [5, 5.41) is 10.7. The normalized spacial score (nSPS) is 10.9. The summed E-state index contributed by atoms with van der Waals surface area (Å²) < 4.78 is 16.1. The van der Waals surface area contributed by atoms with Crippen molar-refractivity contribution in [3.63, 3.8) is 0 Å². The predicted octanol–water partition coefficient (Wildman–Crippen LogP) is 3.32. The number of hydrazine groups is 1. The van der Waals surface area contributed by atoms with Crippen LogP contribution in [0.25, 0.3) is 0 Å². The van der Waals surface area contributed by atoms with Gasteiger partial charge in [0.05, 0.1) is 12.0 Å². The van der Waals surface area contributed by atoms with Gasteiger partial charge in [-0.05, 0) is 38.5 Å². The summed E-state index contributed by atoms with van der Waals surface area (Å²) in [6, 6.07) is 7.87. The molecule has 1 heterocycles. The third kappa shape index (κ3) is 6.40. The SMILES string of the molecule is COc1cc(CNNC(=O)OC(C)(C)C)ccc1Oc1ccc([N+](=O)[O-])cn1. The van der Waals surface area contributed by atoms with E-state index in [2.05, 4.69) is 15.8 Å². The van der Waals surface area contributed by atoms with Gasteiger partial charge in [0.15, 0.2) is 11.5 Å². The molecule has 1 amide bonds. The number of rotatable bonds is 7. The quantitative estimate of drug-likeness (QED) is 0.545. The van der Waals surface area contributed by atoms with Gasteiger partial charge >= 0.3 is 6.09 Å². The molecule has 0 saturated carbocycles. The highest BCUT2D eigenvalue weighted by Crippen LogP contribution is 2.31. The van der Waals surface area contributed by atoms with Crippen molar-refractivity contribution in [2.24, 2.45) is 0 Å². The molecule has 2 N–H and O–H groups in total. The molecule has 0 fully saturated rings. The predicted molar refractivity (Wildman–Crippen MR) is 100 cm³/mol. The average molecular weight is 390 g/mol. The minimum absolute atomic E-state index is 0.127. The third-order valence-corrected chi connectivity index (χ3v) is 3.26. The van der Waals surface area contributed by atoms with Gasteiger partial charge in [0, 0.05) is 18.7 Å². The lowest BCUT2D eigenvalue weighted by molar-refractivity contribution is -0.385. The molecule has 150 valence electrons. The number of aromatic nitrogens is 1. The van der Waals surface area contributed by atoms with E-state index < -0.39 is 16.6 Å². The molecule has 0 aliphatic rings. The van der Waals surface area contributed by atoms with Gasteiger partial charge in [-0.2, -0.15) is 0 Å². The number of nitrogens with zero attached hydrogens (tertiary/aromatic N) is 2. The van der Waals surface area contributed by atoms with Crippen LogP contribution in [-0.4, -0.2) is 28.7 Å². The zero-order valence-corrected chi connectivity index (χ0v) is 16.0. The molecule has 10 heteroatoms. The van der Waals surface area contributed by atoms with Crippen molar-refractivity contribution in [3.05, 3.63) is 52.2 Å². The second-order valence-electron chi connectivity index (χ2n) is 6.68. The van der Waals surface area contributed by atoms with Gasteiger partial charge in [-0.25, -0.2) is 15.2 Å². The molecule has 1 aromatic heterocycles. The molecule has 0 bridgehead atoms. The largest absolute Gasteiger partial charge is 0.493 e. The molecule has 0 radical (unpaired) electrons. The Balaban J connectivity index is 1.97. The molecule has 2 rings (SSSR count). The molecule has 0 atom stereocenters. The van der Waals surface area contributed by atoms with E-state index in [-0.39, 0.29) is 11.6 Å². The van der Waals surface area contributed by atoms with Crippen molar-refractivity contribution >= 4 is 11.8 Å². The highest BCUT2D eigenvalue weighted by molar-refractivity contribution is 5.67. The van der Waals surface area contributed by atoms with Crippen molar-refractivity contribution in [1.29, 1.82) is 0 Å². The summed E-state index contributed by atoms with van der Waals surface area (Å²) >= 11 is 0. The number of methoxy groups -OCH3 is 1. The topological polar surface area (TPSA) is 125 Å². The summed E-state index contributed by atoms with van der Waals surface area (Å²) in [6.45, 7) is 5.65. The second kappa shape index (κ2) is 9.00. The van der Waals surface area contributed by atoms with Crippen LogP contribution in [0.4, 0.5) is 10.5 Å². The van der Waals surface area contributed by atoms with Crippen molar-refractivity contribution in [2.45, 2.75) is 32.9 Å². The van der Waals surface area contributed by atoms with Crippen LogP contribution in [0.1, 0.15) is 26.3 Å². The fraction of sp³-hybridized carbons (Fsp3) is 0.333. The molecular formula is C18H22N4O6. The number of hydrogen-bond acceptors (Lipinski definition) is 8. The number of ether oxygens (including phenoxy) is 3. The van der Waals surface area contributed by atoms with E-state index in [0.717, 1.165) is 11.8 Å². The average Bonchev–Trinajstić information content (AvgIpc) is 2.61. The first-order chi connectivity index (χ1) is 13.2. The maximum atomic E-state index is 11.6. The Morgan fingerprint density at radius 2 is 1.96 bits per heavy atom. The number of benzene rings is 1. The number of hydrogen-bond donors (Lipinski definition) is 2. The number of carbonyl (C=O) groups excluding carboxylic acids is 1. The molecule has 0 aliphatic heterocycles. The lowest BCUT2D eigenvalue weighted by atomic mass is 10.2. The minimum atomic E-state index is -0.583. The van der Waals surface area contributed by atoms with Gasteiger partial charge in [0.2, 0.25) is 5.88 Å². The Bertz CT molecular complexity index is 833. The lowest BCUT2D eigenvalue weighted by Gasteiger charge is -2.20. The number of pyridine rings is 1. The maximum Gasteiger partial charge on any atom is 0.422 e. The van der Waals surface area contributed by atoms with Crippen LogP contribution in [0.2, 0.25) is 0 Å². The highest BCUT2D eigenvalue weighted by Gasteiger charge is 2.16. The first-order valence-electron chi connectivity index (χ1n) is 8.35. The summed E-state index contributed by atoms with van der Waals surface area (Å²) in [4.78, 5) is 25.6. The molecule has 10 nitrogen and oxygen atoms in total. The molecule has 1 aromatic carbocycles. The van der Waals surface area contributed by atoms with Crippen molar-refractivity contribution in [2.75, 3.05) is 7.11 Å². The van der Waals surface area contributed by atoms with Gasteiger partial charge in [0.25, 0.3) is 5.69 Å². The van der Waals surface area contributed by atoms with Gasteiger partial charge in [0.1, 0.15) is 11.8 Å². The highest BCUT2D eigenvalue weighted by atomic mass is 16.6. The molecule has 0 unspecified atom stereocenters. The van der Waals surface area contributed by atoms with Gasteiger partial charge in [-0.15, -0.1) is 0 Å². The van der Waals surface area contributed by atoms with Crippen LogP contribution >= 0.6 is 0 Å². The number of carbonyl (C=O) groups is 1. The third-order valence-electron chi connectivity index (χ3n) is 3.26. The first-order valence-corrected chi connectivity index (χ1v) is 8.35. The number of nitro groups is 1. The van der Waals surface area contributed by atoms with Crippen molar-refractivity contribution < 1.29 is 23.9 Å². The zero-order chi connectivity index (χ0) is 20.7. The second-order valence-corrected chi connectivity index (χ2v) is 6.68. The van der Waals surface area contributed by atoms with E-state index in [9.17, 15) is 14.9 Å². The monoisotopic (exact) mass is 390 g/mol. The summed E-state index contributed by atoms with van der Waals surface area (Å²) in [6.07, 6.45) is 0.534. The number of amides is 1. The summed E-state index contributed by atoms with van der Waals surface area (Å²) in [7, 11) is 1.49. The maximum absolute atomic E-state index is 11.6. The van der Waals surface area contributed by atoms with Crippen LogP contribution < -0.4 is 20.3 Å². The Hall–Kier alpha value is -3.40. The number of nitrogens with one attached hydrogen (secondary N) is 2. The zero-order valence-electron chi connectivity index (χ0n) is 16.0. The van der Waals surface area contributed by atoms with Gasteiger partial charge in [-0.1, -0.05) is 6.07 Å². The standard InChI is InChI=1S/C18H22N4O6/c1-18(2,3)28-17(23)21-20-10-12-5-7-14(15(9-12)26-4)27-16-8-6-13(11-19-16)22(24)25/h5-9,11,20H,10H2,1-4H3,(H,21,23). The van der Waals surface area contributed by atoms with Gasteiger partial charge in [-0.3, -0.25) is 15.5 Å². The summed E-state index contributed by atoms with van der Waals surface area (Å²) in [5.74, 6) is 1.03. The van der Waals surface area contributed by atoms with Crippen LogP contribution in [-0.2, 0) is 11.3 Å². The Morgan fingerprint density at radius 3 is 2.54 bits per heavy atom. The van der Waals surface area contributed by atoms with E-state index in [1.165, 1.54) is 19.2 Å². The minimum Gasteiger partial charge on any atom is -0.493 e. The van der Waals surface area contributed by atoms with Crippen LogP contribution in [0.15, 0.2) is 36.5 Å². The molecule has 2 aromatic rings. The fourth-order valence-corrected chi connectivity index (χ4v) is 2.08. The molecule has 0 saturated heterocycles. The van der Waals surface area contributed by atoms with Crippen LogP contribution in [0, 0.1) is 10.1 Å². The molecule has 0 spiro atoms. The lowest BCUT2D eigenvalue weighted by Crippen LogP contribution is -2.40. The Kier molecular flexibility index (Phi) is 6.72. The van der Waals surface area contributed by atoms with Crippen LogP contribution in [0.5, 0.6) is 17.4 Å².